The first-order valence-corrected chi connectivity index (χ1v) is 12.0. The highest BCUT2D eigenvalue weighted by molar-refractivity contribution is 6.31. The van der Waals surface area contributed by atoms with E-state index in [1.807, 2.05) is 20.8 Å². The van der Waals surface area contributed by atoms with Gasteiger partial charge in [0.15, 0.2) is 0 Å². The zero-order valence-corrected chi connectivity index (χ0v) is 21.3. The van der Waals surface area contributed by atoms with E-state index < -0.39 is 58.7 Å². The fourth-order valence-corrected chi connectivity index (χ4v) is 5.70. The van der Waals surface area contributed by atoms with E-state index in [4.69, 9.17) is 23.2 Å². The number of halogens is 6. The molecule has 4 rings (SSSR count). The largest absolute Gasteiger partial charge is 0.491 e. The molecule has 1 amide bonds. The highest BCUT2D eigenvalue weighted by atomic mass is 35.5. The molecule has 2 N–H and O–H groups in total. The number of alkyl halides is 3. The summed E-state index contributed by atoms with van der Waals surface area (Å²) < 4.78 is 58.4. The molecule has 0 bridgehead atoms. The molecule has 37 heavy (non-hydrogen) atoms. The number of ether oxygens (including phenoxy) is 1. The van der Waals surface area contributed by atoms with E-state index in [1.165, 1.54) is 30.3 Å². The van der Waals surface area contributed by atoms with Crippen LogP contribution < -0.4 is 10.6 Å². The van der Waals surface area contributed by atoms with Gasteiger partial charge in [-0.3, -0.25) is 10.1 Å². The predicted octanol–water partition coefficient (Wildman–Crippen LogP) is 5.51. The third-order valence-corrected chi connectivity index (χ3v) is 7.14. The van der Waals surface area contributed by atoms with E-state index >= 15 is 4.39 Å². The van der Waals surface area contributed by atoms with Gasteiger partial charge in [0, 0.05) is 22.7 Å². The first-order valence-electron chi connectivity index (χ1n) is 11.2. The molecule has 1 saturated heterocycles. The van der Waals surface area contributed by atoms with Crippen LogP contribution >= 0.6 is 23.2 Å². The van der Waals surface area contributed by atoms with Gasteiger partial charge in [0.05, 0.1) is 5.02 Å². The first kappa shape index (κ1) is 27.3. The maximum absolute atomic E-state index is 15.5. The molecule has 0 aromatic heterocycles. The molecule has 12 heteroatoms. The molecule has 1 spiro atoms. The number of fused-ring (bicyclic) bond motifs is 2. The van der Waals surface area contributed by atoms with E-state index in [9.17, 15) is 27.6 Å². The van der Waals surface area contributed by atoms with Crippen LogP contribution in [0.25, 0.3) is 0 Å². The van der Waals surface area contributed by atoms with Crippen molar-refractivity contribution < 1.29 is 36.7 Å². The average molecular weight is 561 g/mol. The van der Waals surface area contributed by atoms with Crippen molar-refractivity contribution >= 4 is 46.7 Å². The number of amides is 1. The van der Waals surface area contributed by atoms with E-state index in [2.05, 4.69) is 15.4 Å². The highest BCUT2D eigenvalue weighted by Crippen LogP contribution is 2.57. The van der Waals surface area contributed by atoms with Crippen molar-refractivity contribution in [3.63, 3.8) is 0 Å². The van der Waals surface area contributed by atoms with Gasteiger partial charge in [-0.05, 0) is 41.2 Å². The standard InChI is InChI=1S/C25H22Cl2F4N2O4/c1-23(2,3)10-16-24(13-8-7-11(26)9-15(13)32-21(24)35)17(12-5-4-6-14(27)18(12)28)19(33-16)20(34)37-22(36)25(29,30)31/h4-9,16-17,19,33H,10H2,1-3H3,(H,32,35)/t16-,17-,19+,24?/m0/s1. The van der Waals surface area contributed by atoms with Crippen LogP contribution in [-0.4, -0.2) is 36.1 Å². The Balaban J connectivity index is 1.98. The molecule has 2 aliphatic rings. The van der Waals surface area contributed by atoms with Crippen LogP contribution in [-0.2, 0) is 24.5 Å². The van der Waals surface area contributed by atoms with Gasteiger partial charge in [-0.25, -0.2) is 14.0 Å². The predicted molar refractivity (Wildman–Crippen MR) is 128 cm³/mol. The Morgan fingerprint density at radius 2 is 1.78 bits per heavy atom. The van der Waals surface area contributed by atoms with E-state index in [0.717, 1.165) is 0 Å². The third-order valence-electron chi connectivity index (χ3n) is 6.62. The Morgan fingerprint density at radius 3 is 2.41 bits per heavy atom. The maximum Gasteiger partial charge on any atom is 0.491 e. The lowest BCUT2D eigenvalue weighted by Gasteiger charge is -2.37. The summed E-state index contributed by atoms with van der Waals surface area (Å²) in [6, 6.07) is 5.90. The highest BCUT2D eigenvalue weighted by Gasteiger charge is 2.67. The van der Waals surface area contributed by atoms with Gasteiger partial charge < -0.3 is 10.1 Å². The minimum Gasteiger partial charge on any atom is -0.385 e. The molecule has 2 aromatic rings. The zero-order valence-electron chi connectivity index (χ0n) is 19.8. The lowest BCUT2D eigenvalue weighted by molar-refractivity contribution is -0.202. The number of anilines is 1. The average Bonchev–Trinajstić information content (AvgIpc) is 3.23. The Morgan fingerprint density at radius 1 is 1.11 bits per heavy atom. The number of hydrogen-bond acceptors (Lipinski definition) is 5. The minimum atomic E-state index is -5.44. The Labute approximate surface area is 219 Å². The molecule has 2 heterocycles. The monoisotopic (exact) mass is 560 g/mol. The van der Waals surface area contributed by atoms with E-state index in [0.29, 0.717) is 16.3 Å². The number of esters is 2. The Bertz CT molecular complexity index is 1290. The molecule has 1 fully saturated rings. The second kappa shape index (κ2) is 9.25. The van der Waals surface area contributed by atoms with Gasteiger partial charge in [-0.2, -0.15) is 13.2 Å². The van der Waals surface area contributed by atoms with Gasteiger partial charge in [0.1, 0.15) is 17.3 Å². The van der Waals surface area contributed by atoms with E-state index in [1.54, 1.807) is 6.07 Å². The number of carbonyl (C=O) groups is 3. The number of nitrogens with one attached hydrogen (secondary N) is 2. The maximum atomic E-state index is 15.5. The molecule has 198 valence electrons. The van der Waals surface area contributed by atoms with Crippen LogP contribution in [0.15, 0.2) is 36.4 Å². The SMILES string of the molecule is CC(C)(C)C[C@@H]1N[C@@H](C(=O)OC(=O)C(F)(F)F)[C@H](c2cccc(Cl)c2F)C12C(=O)Nc1cc(Cl)ccc12. The quantitative estimate of drug-likeness (QED) is 0.293. The second-order valence-corrected chi connectivity index (χ2v) is 11.1. The third kappa shape index (κ3) is 4.70. The van der Waals surface area contributed by atoms with Crippen LogP contribution in [0.5, 0.6) is 0 Å². The van der Waals surface area contributed by atoms with Crippen LogP contribution in [0.2, 0.25) is 10.0 Å². The summed E-state index contributed by atoms with van der Waals surface area (Å²) >= 11 is 12.2. The van der Waals surface area contributed by atoms with Gasteiger partial charge in [0.25, 0.3) is 0 Å². The van der Waals surface area contributed by atoms with Crippen molar-refractivity contribution in [2.75, 3.05) is 5.32 Å². The fourth-order valence-electron chi connectivity index (χ4n) is 5.34. The van der Waals surface area contributed by atoms with Gasteiger partial charge >= 0.3 is 18.1 Å². The Kier molecular flexibility index (Phi) is 6.84. The molecule has 0 saturated carbocycles. The molecule has 2 aliphatic heterocycles. The fraction of sp³-hybridized carbons (Fsp3) is 0.400. The molecule has 0 radical (unpaired) electrons. The minimum absolute atomic E-state index is 0.198. The molecular weight excluding hydrogens is 539 g/mol. The molecule has 0 aliphatic carbocycles. The topological polar surface area (TPSA) is 84.5 Å². The van der Waals surface area contributed by atoms with Crippen molar-refractivity contribution in [3.05, 3.63) is 63.4 Å². The summed E-state index contributed by atoms with van der Waals surface area (Å²) in [7, 11) is 0. The van der Waals surface area contributed by atoms with E-state index in [-0.39, 0.29) is 17.0 Å². The first-order chi connectivity index (χ1) is 17.1. The Hall–Kier alpha value is -2.69. The van der Waals surface area contributed by atoms with Crippen molar-refractivity contribution in [2.24, 2.45) is 5.41 Å². The summed E-state index contributed by atoms with van der Waals surface area (Å²) in [4.78, 5) is 38.5. The van der Waals surface area contributed by atoms with Crippen molar-refractivity contribution in [2.45, 2.75) is 56.8 Å². The van der Waals surface area contributed by atoms with Gasteiger partial charge in [-0.15, -0.1) is 0 Å². The van der Waals surface area contributed by atoms with Crippen LogP contribution in [0.4, 0.5) is 23.2 Å². The lowest BCUT2D eigenvalue weighted by Crippen LogP contribution is -2.49. The molecular formula is C25H22Cl2F4N2O4. The number of carbonyl (C=O) groups excluding carboxylic acids is 3. The summed E-state index contributed by atoms with van der Waals surface area (Å²) in [5.41, 5.74) is -1.67. The summed E-state index contributed by atoms with van der Waals surface area (Å²) in [6.07, 6.45) is -5.21. The van der Waals surface area contributed by atoms with Crippen molar-refractivity contribution in [3.8, 4) is 0 Å². The van der Waals surface area contributed by atoms with Crippen LogP contribution in [0.1, 0.15) is 44.2 Å². The lowest BCUT2D eigenvalue weighted by atomic mass is 9.62. The van der Waals surface area contributed by atoms with Gasteiger partial charge in [-0.1, -0.05) is 62.2 Å². The van der Waals surface area contributed by atoms with Gasteiger partial charge in [0.2, 0.25) is 5.91 Å². The molecule has 4 atom stereocenters. The summed E-state index contributed by atoms with van der Waals surface area (Å²) in [5, 5.41) is 5.63. The van der Waals surface area contributed by atoms with Crippen molar-refractivity contribution in [1.29, 1.82) is 0 Å². The number of benzene rings is 2. The molecule has 1 unspecified atom stereocenters. The van der Waals surface area contributed by atoms with Crippen molar-refractivity contribution in [1.82, 2.24) is 5.32 Å². The summed E-state index contributed by atoms with van der Waals surface area (Å²) in [5.74, 6) is -7.33. The number of hydrogen-bond donors (Lipinski definition) is 2. The smallest absolute Gasteiger partial charge is 0.385 e. The normalized spacial score (nSPS) is 25.2. The zero-order chi connectivity index (χ0) is 27.5. The molecule has 6 nitrogen and oxygen atoms in total. The molecule has 2 aromatic carbocycles. The summed E-state index contributed by atoms with van der Waals surface area (Å²) in [6.45, 7) is 5.60. The van der Waals surface area contributed by atoms with Crippen LogP contribution in [0.3, 0.4) is 0 Å². The van der Waals surface area contributed by atoms with Crippen LogP contribution in [0, 0.1) is 11.2 Å². The second-order valence-electron chi connectivity index (χ2n) is 10.3. The number of rotatable bonds is 3.